The molecule has 6 nitrogen and oxygen atoms in total. The molecule has 1 aliphatic carbocycles. The largest absolute Gasteiger partial charge is 0.444 e. The first-order valence-corrected chi connectivity index (χ1v) is 9.62. The van der Waals surface area contributed by atoms with Crippen LogP contribution in [0.3, 0.4) is 0 Å². The monoisotopic (exact) mass is 356 g/mol. The van der Waals surface area contributed by atoms with E-state index >= 15 is 0 Å². The predicted molar refractivity (Wildman–Crippen MR) is 98.5 cm³/mol. The predicted octanol–water partition coefficient (Wildman–Crippen LogP) is 3.54. The van der Waals surface area contributed by atoms with E-state index in [-0.39, 0.29) is 5.91 Å². The fourth-order valence-electron chi connectivity index (χ4n) is 3.11. The molecule has 1 rings (SSSR count). The van der Waals surface area contributed by atoms with Crippen molar-refractivity contribution in [1.29, 1.82) is 0 Å². The Labute approximate surface area is 152 Å². The van der Waals surface area contributed by atoms with Gasteiger partial charge >= 0.3 is 6.09 Å². The molecular weight excluding hydrogens is 320 g/mol. The van der Waals surface area contributed by atoms with E-state index in [1.54, 1.807) is 0 Å². The summed E-state index contributed by atoms with van der Waals surface area (Å²) >= 11 is 0. The maximum Gasteiger partial charge on any atom is 0.408 e. The average Bonchev–Trinajstić information content (AvgIpc) is 2.74. The Bertz CT molecular complexity index is 410. The van der Waals surface area contributed by atoms with Crippen molar-refractivity contribution >= 4 is 12.0 Å². The Morgan fingerprint density at radius 3 is 2.28 bits per heavy atom. The van der Waals surface area contributed by atoms with Crippen molar-refractivity contribution in [2.45, 2.75) is 90.2 Å². The van der Waals surface area contributed by atoms with Gasteiger partial charge in [0.1, 0.15) is 5.60 Å². The van der Waals surface area contributed by atoms with Crippen LogP contribution in [0.4, 0.5) is 4.79 Å². The van der Waals surface area contributed by atoms with Gasteiger partial charge in [-0.15, -0.1) is 0 Å². The quantitative estimate of drug-likeness (QED) is 0.515. The second kappa shape index (κ2) is 10.6. The summed E-state index contributed by atoms with van der Waals surface area (Å²) in [6.45, 7) is 9.24. The number of hydrogen-bond donors (Lipinski definition) is 2. The number of ether oxygens (including phenoxy) is 2. The zero-order valence-electron chi connectivity index (χ0n) is 16.4. The zero-order valence-corrected chi connectivity index (χ0v) is 16.4. The van der Waals surface area contributed by atoms with Crippen LogP contribution in [-0.4, -0.2) is 42.9 Å². The Morgan fingerprint density at radius 2 is 1.72 bits per heavy atom. The summed E-state index contributed by atoms with van der Waals surface area (Å²) in [7, 11) is 0. The van der Waals surface area contributed by atoms with Crippen LogP contribution in [0, 0.1) is 0 Å². The summed E-state index contributed by atoms with van der Waals surface area (Å²) in [4.78, 5) is 24.4. The van der Waals surface area contributed by atoms with Gasteiger partial charge in [0.25, 0.3) is 0 Å². The van der Waals surface area contributed by atoms with E-state index in [0.29, 0.717) is 32.6 Å². The van der Waals surface area contributed by atoms with Crippen LogP contribution < -0.4 is 10.6 Å². The third-order valence-corrected chi connectivity index (χ3v) is 4.35. The van der Waals surface area contributed by atoms with E-state index in [1.807, 2.05) is 27.7 Å². The second-order valence-electron chi connectivity index (χ2n) is 7.90. The molecule has 1 fully saturated rings. The SMILES string of the molecule is CCOCCCC(=O)NCC1(NC(=O)OC(C)(C)C)CCCCCC1. The maximum atomic E-state index is 12.3. The van der Waals surface area contributed by atoms with Gasteiger partial charge in [-0.2, -0.15) is 0 Å². The molecule has 0 aromatic rings. The molecule has 0 spiro atoms. The molecule has 0 bridgehead atoms. The number of rotatable bonds is 8. The van der Waals surface area contributed by atoms with Gasteiger partial charge in [-0.25, -0.2) is 4.79 Å². The Morgan fingerprint density at radius 1 is 1.08 bits per heavy atom. The molecule has 0 aromatic heterocycles. The van der Waals surface area contributed by atoms with Crippen molar-refractivity contribution in [3.8, 4) is 0 Å². The number of alkyl carbamates (subject to hydrolysis) is 1. The van der Waals surface area contributed by atoms with E-state index < -0.39 is 17.2 Å². The number of carbonyl (C=O) groups excluding carboxylic acids is 2. The minimum atomic E-state index is -0.529. The maximum absolute atomic E-state index is 12.3. The number of amides is 2. The highest BCUT2D eigenvalue weighted by atomic mass is 16.6. The van der Waals surface area contributed by atoms with Crippen LogP contribution in [0.1, 0.15) is 79.1 Å². The standard InChI is InChI=1S/C19H36N2O4/c1-5-24-14-10-11-16(22)20-15-19(12-8-6-7-9-13-19)21-17(23)25-18(2,3)4/h5-15H2,1-4H3,(H,20,22)(H,21,23). The lowest BCUT2D eigenvalue weighted by atomic mass is 9.90. The summed E-state index contributed by atoms with van der Waals surface area (Å²) in [5.41, 5.74) is -0.938. The summed E-state index contributed by atoms with van der Waals surface area (Å²) in [5.74, 6) is 0.00862. The first-order chi connectivity index (χ1) is 11.8. The third-order valence-electron chi connectivity index (χ3n) is 4.35. The van der Waals surface area contributed by atoms with Crippen molar-refractivity contribution < 1.29 is 19.1 Å². The van der Waals surface area contributed by atoms with Crippen LogP contribution in [0.25, 0.3) is 0 Å². The van der Waals surface area contributed by atoms with Crippen LogP contribution in [0.2, 0.25) is 0 Å². The Hall–Kier alpha value is -1.30. The van der Waals surface area contributed by atoms with E-state index in [9.17, 15) is 9.59 Å². The minimum absolute atomic E-state index is 0.00862. The molecule has 0 aliphatic heterocycles. The lowest BCUT2D eigenvalue weighted by Gasteiger charge is -2.35. The van der Waals surface area contributed by atoms with Gasteiger partial charge < -0.3 is 20.1 Å². The van der Waals surface area contributed by atoms with Crippen molar-refractivity contribution in [2.24, 2.45) is 0 Å². The Kier molecular flexibility index (Phi) is 9.25. The molecule has 2 amide bonds. The molecule has 2 N–H and O–H groups in total. The van der Waals surface area contributed by atoms with Crippen molar-refractivity contribution in [3.63, 3.8) is 0 Å². The molecule has 146 valence electrons. The molecule has 1 aliphatic rings. The van der Waals surface area contributed by atoms with E-state index in [2.05, 4.69) is 10.6 Å². The number of nitrogens with one attached hydrogen (secondary N) is 2. The minimum Gasteiger partial charge on any atom is -0.444 e. The van der Waals surface area contributed by atoms with Gasteiger partial charge in [0.05, 0.1) is 5.54 Å². The number of hydrogen-bond acceptors (Lipinski definition) is 4. The highest BCUT2D eigenvalue weighted by Crippen LogP contribution is 2.27. The number of carbonyl (C=O) groups is 2. The summed E-state index contributed by atoms with van der Waals surface area (Å²) < 4.78 is 10.7. The van der Waals surface area contributed by atoms with Gasteiger partial charge in [-0.3, -0.25) is 4.79 Å². The summed E-state index contributed by atoms with van der Waals surface area (Å²) in [6, 6.07) is 0. The first kappa shape index (κ1) is 21.7. The van der Waals surface area contributed by atoms with Gasteiger partial charge in [0, 0.05) is 26.2 Å². The van der Waals surface area contributed by atoms with Gasteiger partial charge in [-0.1, -0.05) is 25.7 Å². The normalized spacial score (nSPS) is 17.4. The van der Waals surface area contributed by atoms with Gasteiger partial charge in [0.15, 0.2) is 0 Å². The Balaban J connectivity index is 2.57. The fraction of sp³-hybridized carbons (Fsp3) is 0.895. The lowest BCUT2D eigenvalue weighted by molar-refractivity contribution is -0.121. The molecule has 0 atom stereocenters. The molecule has 25 heavy (non-hydrogen) atoms. The van der Waals surface area contributed by atoms with Crippen molar-refractivity contribution in [1.82, 2.24) is 10.6 Å². The van der Waals surface area contributed by atoms with Gasteiger partial charge in [-0.05, 0) is 47.0 Å². The molecule has 0 radical (unpaired) electrons. The molecule has 0 heterocycles. The van der Waals surface area contributed by atoms with Crippen molar-refractivity contribution in [2.75, 3.05) is 19.8 Å². The van der Waals surface area contributed by atoms with E-state index in [1.165, 1.54) is 12.8 Å². The lowest BCUT2D eigenvalue weighted by Crippen LogP contribution is -2.56. The highest BCUT2D eigenvalue weighted by molar-refractivity contribution is 5.76. The molecule has 1 saturated carbocycles. The smallest absolute Gasteiger partial charge is 0.408 e. The second-order valence-corrected chi connectivity index (χ2v) is 7.90. The van der Waals surface area contributed by atoms with Gasteiger partial charge in [0.2, 0.25) is 5.91 Å². The van der Waals surface area contributed by atoms with Crippen LogP contribution in [-0.2, 0) is 14.3 Å². The van der Waals surface area contributed by atoms with Crippen LogP contribution in [0.15, 0.2) is 0 Å². The zero-order chi connectivity index (χ0) is 18.8. The molecular formula is C19H36N2O4. The third kappa shape index (κ3) is 9.68. The molecule has 6 heteroatoms. The van der Waals surface area contributed by atoms with E-state index in [0.717, 1.165) is 25.7 Å². The first-order valence-electron chi connectivity index (χ1n) is 9.62. The summed E-state index contributed by atoms with van der Waals surface area (Å²) in [5, 5.41) is 6.06. The fourth-order valence-corrected chi connectivity index (χ4v) is 3.11. The topological polar surface area (TPSA) is 76.7 Å². The summed E-state index contributed by atoms with van der Waals surface area (Å²) in [6.07, 6.45) is 6.93. The van der Waals surface area contributed by atoms with Crippen LogP contribution in [0.5, 0.6) is 0 Å². The highest BCUT2D eigenvalue weighted by Gasteiger charge is 2.34. The molecule has 0 saturated heterocycles. The average molecular weight is 357 g/mol. The van der Waals surface area contributed by atoms with Crippen molar-refractivity contribution in [3.05, 3.63) is 0 Å². The van der Waals surface area contributed by atoms with E-state index in [4.69, 9.17) is 9.47 Å². The molecule has 0 aromatic carbocycles. The molecule has 0 unspecified atom stereocenters. The van der Waals surface area contributed by atoms with Crippen LogP contribution >= 0.6 is 0 Å².